The summed E-state index contributed by atoms with van der Waals surface area (Å²) in [6.45, 7) is 6.63. The van der Waals surface area contributed by atoms with E-state index in [4.69, 9.17) is 0 Å². The lowest BCUT2D eigenvalue weighted by molar-refractivity contribution is 0.697. The van der Waals surface area contributed by atoms with Gasteiger partial charge in [0.05, 0.1) is 0 Å². The van der Waals surface area contributed by atoms with Crippen molar-refractivity contribution in [3.05, 3.63) is 23.0 Å². The number of aryl methyl sites for hydroxylation is 2. The minimum atomic E-state index is 0.837. The lowest BCUT2D eigenvalue weighted by Crippen LogP contribution is -1.98. The molecule has 60 valence electrons. The van der Waals surface area contributed by atoms with Gasteiger partial charge < -0.3 is 4.57 Å². The number of hydrogen-bond donors (Lipinski definition) is 0. The van der Waals surface area contributed by atoms with E-state index >= 15 is 0 Å². The topological polar surface area (TPSA) is 4.93 Å². The van der Waals surface area contributed by atoms with Crippen LogP contribution in [-0.4, -0.2) is 4.57 Å². The molecule has 2 rings (SSSR count). The van der Waals surface area contributed by atoms with Crippen molar-refractivity contribution in [1.29, 1.82) is 0 Å². The van der Waals surface area contributed by atoms with Crippen LogP contribution >= 0.6 is 0 Å². The van der Waals surface area contributed by atoms with Crippen molar-refractivity contribution in [2.24, 2.45) is 0 Å². The standard InChI is InChI=1S/C10H15N/c1-7-6-8(2)11(9(7)3)10-4-5-10/h6,10H,4-5H2,1-3H3. The molecule has 0 unspecified atom stereocenters. The lowest BCUT2D eigenvalue weighted by atomic mass is 10.3. The Hall–Kier alpha value is -0.720. The first-order valence-electron chi connectivity index (χ1n) is 4.35. The van der Waals surface area contributed by atoms with Crippen molar-refractivity contribution in [1.82, 2.24) is 4.57 Å². The van der Waals surface area contributed by atoms with Crippen LogP contribution in [0.25, 0.3) is 0 Å². The highest BCUT2D eigenvalue weighted by molar-refractivity contribution is 5.26. The van der Waals surface area contributed by atoms with Gasteiger partial charge in [0.25, 0.3) is 0 Å². The molecule has 1 aromatic heterocycles. The maximum atomic E-state index is 2.48. The normalized spacial score (nSPS) is 17.4. The van der Waals surface area contributed by atoms with Crippen LogP contribution in [0.5, 0.6) is 0 Å². The molecule has 0 amide bonds. The minimum absolute atomic E-state index is 0.837. The van der Waals surface area contributed by atoms with E-state index in [1.54, 1.807) is 0 Å². The second-order valence-corrected chi connectivity index (χ2v) is 3.66. The molecule has 0 aromatic carbocycles. The molecule has 1 aromatic rings. The highest BCUT2D eigenvalue weighted by atomic mass is 15.1. The summed E-state index contributed by atoms with van der Waals surface area (Å²) in [5, 5.41) is 0. The van der Waals surface area contributed by atoms with E-state index in [0.29, 0.717) is 0 Å². The van der Waals surface area contributed by atoms with Crippen LogP contribution in [-0.2, 0) is 0 Å². The van der Waals surface area contributed by atoms with Crippen LogP contribution < -0.4 is 0 Å². The summed E-state index contributed by atoms with van der Waals surface area (Å²) in [6, 6.07) is 3.12. The molecule has 0 bridgehead atoms. The summed E-state index contributed by atoms with van der Waals surface area (Å²) >= 11 is 0. The van der Waals surface area contributed by atoms with Gasteiger partial charge in [-0.25, -0.2) is 0 Å². The van der Waals surface area contributed by atoms with Crippen molar-refractivity contribution in [3.63, 3.8) is 0 Å². The van der Waals surface area contributed by atoms with E-state index in [1.165, 1.54) is 29.8 Å². The maximum absolute atomic E-state index is 2.48. The first kappa shape index (κ1) is 6.96. The summed E-state index contributed by atoms with van der Waals surface area (Å²) in [5.41, 5.74) is 4.34. The van der Waals surface area contributed by atoms with Crippen molar-refractivity contribution < 1.29 is 0 Å². The number of nitrogens with zero attached hydrogens (tertiary/aromatic N) is 1. The molecular formula is C10H15N. The minimum Gasteiger partial charge on any atom is -0.346 e. The van der Waals surface area contributed by atoms with E-state index in [1.807, 2.05) is 0 Å². The molecule has 0 aliphatic heterocycles. The largest absolute Gasteiger partial charge is 0.346 e. The zero-order chi connectivity index (χ0) is 8.01. The lowest BCUT2D eigenvalue weighted by Gasteiger charge is -2.06. The van der Waals surface area contributed by atoms with Crippen molar-refractivity contribution in [2.45, 2.75) is 39.7 Å². The third kappa shape index (κ3) is 0.991. The van der Waals surface area contributed by atoms with E-state index in [-0.39, 0.29) is 0 Å². The predicted octanol–water partition coefficient (Wildman–Crippen LogP) is 2.75. The van der Waals surface area contributed by atoms with Crippen molar-refractivity contribution in [3.8, 4) is 0 Å². The molecule has 1 nitrogen and oxygen atoms in total. The monoisotopic (exact) mass is 149 g/mol. The molecule has 1 heterocycles. The summed E-state index contributed by atoms with van der Waals surface area (Å²) < 4.78 is 2.48. The Balaban J connectivity index is 2.50. The molecule has 0 spiro atoms. The SMILES string of the molecule is Cc1cc(C)n(C2CC2)c1C. The van der Waals surface area contributed by atoms with Crippen LogP contribution in [0.1, 0.15) is 35.8 Å². The van der Waals surface area contributed by atoms with E-state index in [9.17, 15) is 0 Å². The Labute approximate surface area is 68.0 Å². The second kappa shape index (κ2) is 2.13. The summed E-state index contributed by atoms with van der Waals surface area (Å²) in [7, 11) is 0. The Bertz CT molecular complexity index is 279. The van der Waals surface area contributed by atoms with Crippen LogP contribution in [0.2, 0.25) is 0 Å². The summed E-state index contributed by atoms with van der Waals surface area (Å²) in [6.07, 6.45) is 2.77. The highest BCUT2D eigenvalue weighted by Crippen LogP contribution is 2.38. The van der Waals surface area contributed by atoms with Gasteiger partial charge in [-0.05, 0) is 45.2 Å². The summed E-state index contributed by atoms with van der Waals surface area (Å²) in [5.74, 6) is 0. The van der Waals surface area contributed by atoms with Gasteiger partial charge in [0, 0.05) is 17.4 Å². The molecule has 0 saturated heterocycles. The molecule has 0 radical (unpaired) electrons. The van der Waals surface area contributed by atoms with Crippen LogP contribution in [0.4, 0.5) is 0 Å². The molecule has 0 atom stereocenters. The molecule has 1 aliphatic carbocycles. The fourth-order valence-corrected chi connectivity index (χ4v) is 1.84. The smallest absolute Gasteiger partial charge is 0.0337 e. The Morgan fingerprint density at radius 3 is 2.27 bits per heavy atom. The van der Waals surface area contributed by atoms with Gasteiger partial charge in [0.1, 0.15) is 0 Å². The maximum Gasteiger partial charge on any atom is 0.0337 e. The first-order chi connectivity index (χ1) is 5.20. The quantitative estimate of drug-likeness (QED) is 0.578. The molecule has 1 saturated carbocycles. The average Bonchev–Trinajstić information content (AvgIpc) is 2.68. The average molecular weight is 149 g/mol. The molecular weight excluding hydrogens is 134 g/mol. The van der Waals surface area contributed by atoms with Crippen LogP contribution in [0.15, 0.2) is 6.07 Å². The van der Waals surface area contributed by atoms with Crippen molar-refractivity contribution in [2.75, 3.05) is 0 Å². The van der Waals surface area contributed by atoms with Gasteiger partial charge in [0.15, 0.2) is 0 Å². The van der Waals surface area contributed by atoms with Crippen LogP contribution in [0, 0.1) is 20.8 Å². The van der Waals surface area contributed by atoms with E-state index < -0.39 is 0 Å². The third-order valence-corrected chi connectivity index (χ3v) is 2.65. The number of aromatic nitrogens is 1. The zero-order valence-corrected chi connectivity index (χ0v) is 7.52. The van der Waals surface area contributed by atoms with Gasteiger partial charge in [-0.3, -0.25) is 0 Å². The molecule has 1 heteroatoms. The van der Waals surface area contributed by atoms with E-state index in [2.05, 4.69) is 31.4 Å². The Morgan fingerprint density at radius 1 is 1.27 bits per heavy atom. The predicted molar refractivity (Wildman–Crippen MR) is 46.9 cm³/mol. The fraction of sp³-hybridized carbons (Fsp3) is 0.600. The van der Waals surface area contributed by atoms with Gasteiger partial charge in [0.2, 0.25) is 0 Å². The third-order valence-electron chi connectivity index (χ3n) is 2.65. The molecule has 1 fully saturated rings. The zero-order valence-electron chi connectivity index (χ0n) is 7.52. The van der Waals surface area contributed by atoms with Crippen LogP contribution in [0.3, 0.4) is 0 Å². The molecule has 11 heavy (non-hydrogen) atoms. The molecule has 0 N–H and O–H groups in total. The van der Waals surface area contributed by atoms with Gasteiger partial charge >= 0.3 is 0 Å². The second-order valence-electron chi connectivity index (χ2n) is 3.66. The van der Waals surface area contributed by atoms with Gasteiger partial charge in [-0.2, -0.15) is 0 Å². The first-order valence-corrected chi connectivity index (χ1v) is 4.35. The van der Waals surface area contributed by atoms with Crippen molar-refractivity contribution >= 4 is 0 Å². The highest BCUT2D eigenvalue weighted by Gasteiger charge is 2.25. The molecule has 1 aliphatic rings. The number of hydrogen-bond acceptors (Lipinski definition) is 0. The Kier molecular flexibility index (Phi) is 1.35. The Morgan fingerprint density at radius 2 is 1.91 bits per heavy atom. The fourth-order valence-electron chi connectivity index (χ4n) is 1.84. The van der Waals surface area contributed by atoms with Gasteiger partial charge in [-0.1, -0.05) is 0 Å². The van der Waals surface area contributed by atoms with Gasteiger partial charge in [-0.15, -0.1) is 0 Å². The van der Waals surface area contributed by atoms with E-state index in [0.717, 1.165) is 6.04 Å². The number of rotatable bonds is 1. The summed E-state index contributed by atoms with van der Waals surface area (Å²) in [4.78, 5) is 0.